The van der Waals surface area contributed by atoms with Gasteiger partial charge in [-0.05, 0) is 19.2 Å². The molecule has 2 rings (SSSR count). The van der Waals surface area contributed by atoms with E-state index >= 15 is 0 Å². The Balaban J connectivity index is 1.84. The summed E-state index contributed by atoms with van der Waals surface area (Å²) in [7, 11) is 2.10. The summed E-state index contributed by atoms with van der Waals surface area (Å²) in [4.78, 5) is 2.28. The minimum atomic E-state index is 0.381. The number of hydrogen-bond donors (Lipinski definition) is 1. The van der Waals surface area contributed by atoms with Crippen molar-refractivity contribution in [1.82, 2.24) is 15.1 Å². The SMILES string of the molecule is CN1CCOC[C@H]1CNc1ccc(Cl)nn1. The standard InChI is InChI=1S/C10H15ClN4O/c1-15-4-5-16-7-8(15)6-12-10-3-2-9(11)13-14-10/h2-3,8H,4-7H2,1H3,(H,12,14)/t8-/m1/s1. The average Bonchev–Trinajstić information content (AvgIpc) is 2.30. The van der Waals surface area contributed by atoms with Crippen LogP contribution < -0.4 is 5.32 Å². The summed E-state index contributed by atoms with van der Waals surface area (Å²) in [6, 6.07) is 3.92. The number of ether oxygens (including phenoxy) is 1. The number of anilines is 1. The first-order valence-electron chi connectivity index (χ1n) is 5.27. The molecule has 1 N–H and O–H groups in total. The molecule has 1 atom stereocenters. The average molecular weight is 243 g/mol. The van der Waals surface area contributed by atoms with E-state index < -0.39 is 0 Å². The lowest BCUT2D eigenvalue weighted by Gasteiger charge is -2.32. The van der Waals surface area contributed by atoms with E-state index in [0.29, 0.717) is 11.2 Å². The third-order valence-electron chi connectivity index (χ3n) is 2.67. The number of nitrogens with one attached hydrogen (secondary N) is 1. The van der Waals surface area contributed by atoms with Gasteiger partial charge in [0, 0.05) is 13.1 Å². The molecule has 1 aliphatic heterocycles. The van der Waals surface area contributed by atoms with Crippen LogP contribution in [0.1, 0.15) is 0 Å². The number of nitrogens with zero attached hydrogens (tertiary/aromatic N) is 3. The van der Waals surface area contributed by atoms with Crippen LogP contribution in [0.2, 0.25) is 5.15 Å². The summed E-state index contributed by atoms with van der Waals surface area (Å²) in [6.45, 7) is 3.34. The lowest BCUT2D eigenvalue weighted by Crippen LogP contribution is -2.46. The fourth-order valence-corrected chi connectivity index (χ4v) is 1.69. The van der Waals surface area contributed by atoms with E-state index in [9.17, 15) is 0 Å². The second kappa shape index (κ2) is 5.43. The maximum Gasteiger partial charge on any atom is 0.151 e. The summed E-state index contributed by atoms with van der Waals surface area (Å²) >= 11 is 5.65. The van der Waals surface area contributed by atoms with Gasteiger partial charge in [-0.2, -0.15) is 0 Å². The van der Waals surface area contributed by atoms with Crippen LogP contribution in [0.4, 0.5) is 5.82 Å². The summed E-state index contributed by atoms with van der Waals surface area (Å²) < 4.78 is 5.42. The Kier molecular flexibility index (Phi) is 3.93. The first-order valence-corrected chi connectivity index (χ1v) is 5.64. The predicted molar refractivity (Wildman–Crippen MR) is 62.8 cm³/mol. The molecule has 0 unspecified atom stereocenters. The summed E-state index contributed by atoms with van der Waals surface area (Å²) in [5.41, 5.74) is 0. The Morgan fingerprint density at radius 3 is 3.12 bits per heavy atom. The van der Waals surface area contributed by atoms with Crippen molar-refractivity contribution in [3.8, 4) is 0 Å². The minimum absolute atomic E-state index is 0.381. The fourth-order valence-electron chi connectivity index (χ4n) is 1.59. The van der Waals surface area contributed by atoms with Gasteiger partial charge in [0.2, 0.25) is 0 Å². The normalized spacial score (nSPS) is 22.0. The van der Waals surface area contributed by atoms with Crippen molar-refractivity contribution in [2.75, 3.05) is 38.7 Å². The molecule has 0 saturated carbocycles. The Hall–Kier alpha value is -0.910. The smallest absolute Gasteiger partial charge is 0.151 e. The van der Waals surface area contributed by atoms with Crippen LogP contribution in [0.15, 0.2) is 12.1 Å². The lowest BCUT2D eigenvalue weighted by atomic mass is 10.2. The highest BCUT2D eigenvalue weighted by atomic mass is 35.5. The zero-order valence-corrected chi connectivity index (χ0v) is 9.94. The van der Waals surface area contributed by atoms with Gasteiger partial charge in [0.25, 0.3) is 0 Å². The van der Waals surface area contributed by atoms with Gasteiger partial charge < -0.3 is 10.1 Å². The topological polar surface area (TPSA) is 50.3 Å². The van der Waals surface area contributed by atoms with Crippen molar-refractivity contribution in [3.05, 3.63) is 17.3 Å². The number of morpholine rings is 1. The molecule has 0 aliphatic carbocycles. The van der Waals surface area contributed by atoms with Gasteiger partial charge in [0.05, 0.1) is 19.3 Å². The Morgan fingerprint density at radius 2 is 2.44 bits per heavy atom. The van der Waals surface area contributed by atoms with Crippen molar-refractivity contribution >= 4 is 17.4 Å². The molecule has 0 radical (unpaired) electrons. The number of aromatic nitrogens is 2. The van der Waals surface area contributed by atoms with Crippen molar-refractivity contribution in [3.63, 3.8) is 0 Å². The quantitative estimate of drug-likeness (QED) is 0.853. The van der Waals surface area contributed by atoms with E-state index in [1.54, 1.807) is 6.07 Å². The van der Waals surface area contributed by atoms with Crippen LogP contribution in [0.3, 0.4) is 0 Å². The highest BCUT2D eigenvalue weighted by Gasteiger charge is 2.18. The van der Waals surface area contributed by atoms with Crippen LogP contribution in [-0.4, -0.2) is 54.5 Å². The first kappa shape index (κ1) is 11.6. The van der Waals surface area contributed by atoms with Gasteiger partial charge in [-0.3, -0.25) is 4.90 Å². The molecule has 1 fully saturated rings. The monoisotopic (exact) mass is 242 g/mol. The van der Waals surface area contributed by atoms with Gasteiger partial charge in [-0.1, -0.05) is 11.6 Å². The van der Waals surface area contributed by atoms with Gasteiger partial charge >= 0.3 is 0 Å². The maximum absolute atomic E-state index is 5.65. The van der Waals surface area contributed by atoms with Crippen LogP contribution in [0, 0.1) is 0 Å². The van der Waals surface area contributed by atoms with Crippen molar-refractivity contribution < 1.29 is 4.74 Å². The van der Waals surface area contributed by atoms with Crippen molar-refractivity contribution in [2.45, 2.75) is 6.04 Å². The largest absolute Gasteiger partial charge is 0.378 e. The lowest BCUT2D eigenvalue weighted by molar-refractivity contribution is 0.0109. The van der Waals surface area contributed by atoms with Gasteiger partial charge in [0.1, 0.15) is 5.82 Å². The molecule has 1 aromatic heterocycles. The van der Waals surface area contributed by atoms with Crippen molar-refractivity contribution in [1.29, 1.82) is 0 Å². The Bertz CT molecular complexity index is 332. The number of hydrogen-bond acceptors (Lipinski definition) is 5. The summed E-state index contributed by atoms with van der Waals surface area (Å²) in [6.07, 6.45) is 0. The zero-order valence-electron chi connectivity index (χ0n) is 9.19. The molecular formula is C10H15ClN4O. The summed E-state index contributed by atoms with van der Waals surface area (Å²) in [5, 5.41) is 11.3. The van der Waals surface area contributed by atoms with E-state index in [2.05, 4.69) is 27.5 Å². The number of halogens is 1. The van der Waals surface area contributed by atoms with Crippen LogP contribution >= 0.6 is 11.6 Å². The molecule has 1 saturated heterocycles. The minimum Gasteiger partial charge on any atom is -0.378 e. The highest BCUT2D eigenvalue weighted by molar-refractivity contribution is 6.29. The fraction of sp³-hybridized carbons (Fsp3) is 0.600. The van der Waals surface area contributed by atoms with Crippen LogP contribution in [-0.2, 0) is 4.74 Å². The predicted octanol–water partition coefficient (Wildman–Crippen LogP) is 0.872. The molecule has 6 heteroatoms. The third-order valence-corrected chi connectivity index (χ3v) is 2.87. The van der Waals surface area contributed by atoms with Gasteiger partial charge in [-0.25, -0.2) is 0 Å². The Morgan fingerprint density at radius 1 is 1.56 bits per heavy atom. The van der Waals surface area contributed by atoms with E-state index in [1.807, 2.05) is 6.07 Å². The first-order chi connectivity index (χ1) is 7.75. The third kappa shape index (κ3) is 3.04. The molecule has 2 heterocycles. The number of rotatable bonds is 3. The zero-order chi connectivity index (χ0) is 11.4. The van der Waals surface area contributed by atoms with E-state index in [-0.39, 0.29) is 0 Å². The molecule has 1 aromatic rings. The Labute approximate surface area is 99.7 Å². The highest BCUT2D eigenvalue weighted by Crippen LogP contribution is 2.08. The van der Waals surface area contributed by atoms with Gasteiger partial charge in [-0.15, -0.1) is 10.2 Å². The molecule has 1 aliphatic rings. The maximum atomic E-state index is 5.65. The number of likely N-dealkylation sites (N-methyl/N-ethyl adjacent to an activating group) is 1. The van der Waals surface area contributed by atoms with Crippen LogP contribution in [0.5, 0.6) is 0 Å². The van der Waals surface area contributed by atoms with E-state index in [4.69, 9.17) is 16.3 Å². The van der Waals surface area contributed by atoms with Crippen LogP contribution in [0.25, 0.3) is 0 Å². The molecule has 88 valence electrons. The second-order valence-electron chi connectivity index (χ2n) is 3.83. The molecular weight excluding hydrogens is 228 g/mol. The molecule has 0 amide bonds. The van der Waals surface area contributed by atoms with Crippen molar-refractivity contribution in [2.24, 2.45) is 0 Å². The molecule has 0 bridgehead atoms. The van der Waals surface area contributed by atoms with E-state index in [1.165, 1.54) is 0 Å². The molecule has 0 spiro atoms. The molecule has 5 nitrogen and oxygen atoms in total. The van der Waals surface area contributed by atoms with Gasteiger partial charge in [0.15, 0.2) is 5.15 Å². The second-order valence-corrected chi connectivity index (χ2v) is 4.22. The molecule has 16 heavy (non-hydrogen) atoms. The summed E-state index contributed by atoms with van der Waals surface area (Å²) in [5.74, 6) is 0.739. The van der Waals surface area contributed by atoms with E-state index in [0.717, 1.165) is 32.1 Å². The molecule has 0 aromatic carbocycles.